The van der Waals surface area contributed by atoms with Crippen LogP contribution in [0.1, 0.15) is 17.5 Å². The third-order valence-electron chi connectivity index (χ3n) is 4.22. The second kappa shape index (κ2) is 7.50. The van der Waals surface area contributed by atoms with E-state index in [2.05, 4.69) is 5.32 Å². The van der Waals surface area contributed by atoms with Gasteiger partial charge in [-0.1, -0.05) is 35.9 Å². The SMILES string of the molecule is Cc1ccccc1CN(C)C(=O)C[C@H]1Sc2ccc(Cl)cc2NC1=O. The van der Waals surface area contributed by atoms with Gasteiger partial charge in [-0.05, 0) is 36.2 Å². The van der Waals surface area contributed by atoms with Crippen molar-refractivity contribution in [2.75, 3.05) is 12.4 Å². The van der Waals surface area contributed by atoms with Crippen LogP contribution in [-0.2, 0) is 16.1 Å². The van der Waals surface area contributed by atoms with Gasteiger partial charge in [0.2, 0.25) is 11.8 Å². The second-order valence-electron chi connectivity index (χ2n) is 6.12. The van der Waals surface area contributed by atoms with Gasteiger partial charge in [-0.15, -0.1) is 11.8 Å². The highest BCUT2D eigenvalue weighted by Crippen LogP contribution is 2.38. The number of rotatable bonds is 4. The Balaban J connectivity index is 1.65. The Labute approximate surface area is 156 Å². The maximum Gasteiger partial charge on any atom is 0.238 e. The Hall–Kier alpha value is -1.98. The van der Waals surface area contributed by atoms with Crippen molar-refractivity contribution in [3.8, 4) is 0 Å². The molecular formula is C19H19ClN2O2S. The summed E-state index contributed by atoms with van der Waals surface area (Å²) in [5.74, 6) is -0.203. The monoisotopic (exact) mass is 374 g/mol. The van der Waals surface area contributed by atoms with Gasteiger partial charge in [-0.25, -0.2) is 0 Å². The highest BCUT2D eigenvalue weighted by atomic mass is 35.5. The minimum Gasteiger partial charge on any atom is -0.341 e. The zero-order valence-electron chi connectivity index (χ0n) is 14.1. The Bertz CT molecular complexity index is 825. The fourth-order valence-corrected chi connectivity index (χ4v) is 3.96. The lowest BCUT2D eigenvalue weighted by molar-refractivity contribution is -0.131. The minimum absolute atomic E-state index is 0.0479. The molecule has 130 valence electrons. The van der Waals surface area contributed by atoms with Gasteiger partial charge in [0.15, 0.2) is 0 Å². The van der Waals surface area contributed by atoms with E-state index >= 15 is 0 Å². The number of benzene rings is 2. The molecule has 25 heavy (non-hydrogen) atoms. The van der Waals surface area contributed by atoms with Crippen LogP contribution in [0.15, 0.2) is 47.4 Å². The first-order valence-electron chi connectivity index (χ1n) is 7.99. The van der Waals surface area contributed by atoms with Crippen LogP contribution in [0.25, 0.3) is 0 Å². The van der Waals surface area contributed by atoms with Crippen LogP contribution in [0.4, 0.5) is 5.69 Å². The summed E-state index contributed by atoms with van der Waals surface area (Å²) in [5.41, 5.74) is 2.97. The molecule has 0 bridgehead atoms. The molecular weight excluding hydrogens is 356 g/mol. The summed E-state index contributed by atoms with van der Waals surface area (Å²) in [5, 5.41) is 2.98. The summed E-state index contributed by atoms with van der Waals surface area (Å²) in [7, 11) is 1.77. The van der Waals surface area contributed by atoms with E-state index in [9.17, 15) is 9.59 Å². The molecule has 0 aromatic heterocycles. The average Bonchev–Trinajstić information content (AvgIpc) is 2.57. The lowest BCUT2D eigenvalue weighted by Gasteiger charge is -2.26. The third-order valence-corrected chi connectivity index (χ3v) is 5.73. The summed E-state index contributed by atoms with van der Waals surface area (Å²) in [6, 6.07) is 13.4. The van der Waals surface area contributed by atoms with Gasteiger partial charge >= 0.3 is 0 Å². The Morgan fingerprint density at radius 2 is 2.04 bits per heavy atom. The van der Waals surface area contributed by atoms with Crippen molar-refractivity contribution >= 4 is 40.9 Å². The van der Waals surface area contributed by atoms with E-state index in [1.807, 2.05) is 37.3 Å². The molecule has 1 heterocycles. The summed E-state index contributed by atoms with van der Waals surface area (Å²) in [6.07, 6.45) is 0.168. The number of amides is 2. The molecule has 0 fully saturated rings. The molecule has 2 aromatic rings. The number of thioether (sulfide) groups is 1. The standard InChI is InChI=1S/C19H19ClN2O2S/c1-12-5-3-4-6-13(12)11-22(2)18(23)10-17-19(24)21-15-9-14(20)7-8-16(15)25-17/h3-9,17H,10-11H2,1-2H3,(H,21,24)/t17-/m1/s1. The van der Waals surface area contributed by atoms with E-state index in [0.717, 1.165) is 16.0 Å². The molecule has 2 amide bonds. The van der Waals surface area contributed by atoms with E-state index < -0.39 is 5.25 Å². The van der Waals surface area contributed by atoms with Crippen LogP contribution < -0.4 is 5.32 Å². The van der Waals surface area contributed by atoms with Crippen LogP contribution in [0.5, 0.6) is 0 Å². The van der Waals surface area contributed by atoms with Crippen molar-refractivity contribution in [3.63, 3.8) is 0 Å². The van der Waals surface area contributed by atoms with Crippen LogP contribution in [0, 0.1) is 6.92 Å². The molecule has 0 saturated heterocycles. The number of carbonyl (C=O) groups is 2. The molecule has 0 radical (unpaired) electrons. The molecule has 0 saturated carbocycles. The number of carbonyl (C=O) groups excluding carboxylic acids is 2. The molecule has 1 aliphatic heterocycles. The highest BCUT2D eigenvalue weighted by Gasteiger charge is 2.30. The van der Waals surface area contributed by atoms with Crippen molar-refractivity contribution in [1.29, 1.82) is 0 Å². The van der Waals surface area contributed by atoms with Gasteiger partial charge in [0.1, 0.15) is 0 Å². The number of nitrogens with zero attached hydrogens (tertiary/aromatic N) is 1. The first-order valence-corrected chi connectivity index (χ1v) is 9.25. The maximum absolute atomic E-state index is 12.6. The van der Waals surface area contributed by atoms with Crippen molar-refractivity contribution < 1.29 is 9.59 Å². The predicted molar refractivity (Wildman–Crippen MR) is 102 cm³/mol. The molecule has 0 spiro atoms. The highest BCUT2D eigenvalue weighted by molar-refractivity contribution is 8.01. The van der Waals surface area contributed by atoms with Crippen molar-refractivity contribution in [2.24, 2.45) is 0 Å². The first-order chi connectivity index (χ1) is 11.9. The normalized spacial score (nSPS) is 16.1. The van der Waals surface area contributed by atoms with E-state index in [-0.39, 0.29) is 18.2 Å². The van der Waals surface area contributed by atoms with E-state index in [1.165, 1.54) is 11.8 Å². The molecule has 0 unspecified atom stereocenters. The fraction of sp³-hybridized carbons (Fsp3) is 0.263. The van der Waals surface area contributed by atoms with Gasteiger partial charge in [0.05, 0.1) is 10.9 Å². The van der Waals surface area contributed by atoms with E-state index in [1.54, 1.807) is 24.1 Å². The molecule has 4 nitrogen and oxygen atoms in total. The van der Waals surface area contributed by atoms with Crippen molar-refractivity contribution in [2.45, 2.75) is 30.0 Å². The van der Waals surface area contributed by atoms with Crippen molar-refractivity contribution in [1.82, 2.24) is 4.90 Å². The third kappa shape index (κ3) is 4.17. The Morgan fingerprint density at radius 3 is 2.80 bits per heavy atom. The van der Waals surface area contributed by atoms with Gasteiger partial charge in [-0.2, -0.15) is 0 Å². The molecule has 6 heteroatoms. The summed E-state index contributed by atoms with van der Waals surface area (Å²) >= 11 is 7.37. The van der Waals surface area contributed by atoms with E-state index in [4.69, 9.17) is 11.6 Å². The van der Waals surface area contributed by atoms with Crippen LogP contribution >= 0.6 is 23.4 Å². The maximum atomic E-state index is 12.6. The van der Waals surface area contributed by atoms with Crippen LogP contribution in [-0.4, -0.2) is 29.0 Å². The second-order valence-corrected chi connectivity index (χ2v) is 7.80. The molecule has 1 aliphatic rings. The number of hydrogen-bond donors (Lipinski definition) is 1. The topological polar surface area (TPSA) is 49.4 Å². The lowest BCUT2D eigenvalue weighted by atomic mass is 10.1. The molecule has 1 atom stereocenters. The zero-order chi connectivity index (χ0) is 18.0. The number of halogens is 1. The number of fused-ring (bicyclic) bond motifs is 1. The van der Waals surface area contributed by atoms with Crippen LogP contribution in [0.3, 0.4) is 0 Å². The Morgan fingerprint density at radius 1 is 1.28 bits per heavy atom. The molecule has 2 aromatic carbocycles. The first kappa shape index (κ1) is 17.8. The van der Waals surface area contributed by atoms with Crippen LogP contribution in [0.2, 0.25) is 5.02 Å². The van der Waals surface area contributed by atoms with Gasteiger partial charge < -0.3 is 10.2 Å². The van der Waals surface area contributed by atoms with Gasteiger partial charge in [0, 0.05) is 29.9 Å². The Kier molecular flexibility index (Phi) is 5.35. The lowest BCUT2D eigenvalue weighted by Crippen LogP contribution is -2.35. The smallest absolute Gasteiger partial charge is 0.238 e. The number of anilines is 1. The van der Waals surface area contributed by atoms with Gasteiger partial charge in [0.25, 0.3) is 0 Å². The van der Waals surface area contributed by atoms with Crippen molar-refractivity contribution in [3.05, 3.63) is 58.6 Å². The quantitative estimate of drug-likeness (QED) is 0.876. The fourth-order valence-electron chi connectivity index (χ4n) is 2.70. The van der Waals surface area contributed by atoms with Gasteiger partial charge in [-0.3, -0.25) is 9.59 Å². The molecule has 0 aliphatic carbocycles. The zero-order valence-corrected chi connectivity index (χ0v) is 15.7. The minimum atomic E-state index is -0.430. The molecule has 1 N–H and O–H groups in total. The summed E-state index contributed by atoms with van der Waals surface area (Å²) in [4.78, 5) is 27.5. The number of nitrogens with one attached hydrogen (secondary N) is 1. The predicted octanol–water partition coefficient (Wildman–Crippen LogP) is 4.11. The largest absolute Gasteiger partial charge is 0.341 e. The molecule has 3 rings (SSSR count). The van der Waals surface area contributed by atoms with E-state index in [0.29, 0.717) is 17.3 Å². The number of hydrogen-bond acceptors (Lipinski definition) is 3. The summed E-state index contributed by atoms with van der Waals surface area (Å²) < 4.78 is 0. The average molecular weight is 375 g/mol. The number of aryl methyl sites for hydroxylation is 1. The summed E-state index contributed by atoms with van der Waals surface area (Å²) in [6.45, 7) is 2.57.